The van der Waals surface area contributed by atoms with Crippen LogP contribution in [0.5, 0.6) is 0 Å². The van der Waals surface area contributed by atoms with Crippen LogP contribution in [0.25, 0.3) is 10.9 Å². The number of benzene rings is 2. The van der Waals surface area contributed by atoms with Gasteiger partial charge in [-0.15, -0.1) is 0 Å². The molecule has 2 amide bonds. The van der Waals surface area contributed by atoms with Gasteiger partial charge in [0.25, 0.3) is 11.8 Å². The molecule has 9 heteroatoms. The van der Waals surface area contributed by atoms with E-state index in [0.717, 1.165) is 10.9 Å². The third kappa shape index (κ3) is 4.21. The van der Waals surface area contributed by atoms with E-state index in [1.807, 2.05) is 18.2 Å². The SMILES string of the molecule is CC(C)NS(=O)(=O)c1ccc(C(=O)NNC(=O)c2c[nH]c3ccccc23)cc1. The number of aromatic nitrogens is 1. The fraction of sp³-hybridized carbons (Fsp3) is 0.158. The first-order chi connectivity index (χ1) is 13.3. The van der Waals surface area contributed by atoms with Gasteiger partial charge in [0, 0.05) is 28.7 Å². The van der Waals surface area contributed by atoms with E-state index in [1.54, 1.807) is 26.1 Å². The second-order valence-corrected chi connectivity index (χ2v) is 8.17. The molecule has 0 saturated heterocycles. The van der Waals surface area contributed by atoms with Crippen LogP contribution in [-0.2, 0) is 10.0 Å². The number of hydrazine groups is 1. The van der Waals surface area contributed by atoms with Gasteiger partial charge >= 0.3 is 0 Å². The Morgan fingerprint density at radius 3 is 2.25 bits per heavy atom. The molecule has 0 aliphatic heterocycles. The first-order valence-electron chi connectivity index (χ1n) is 8.57. The summed E-state index contributed by atoms with van der Waals surface area (Å²) >= 11 is 0. The second-order valence-electron chi connectivity index (χ2n) is 6.46. The molecule has 3 rings (SSSR count). The van der Waals surface area contributed by atoms with Gasteiger partial charge in [-0.3, -0.25) is 20.4 Å². The number of amides is 2. The molecule has 0 radical (unpaired) electrons. The van der Waals surface area contributed by atoms with E-state index in [0.29, 0.717) is 5.56 Å². The summed E-state index contributed by atoms with van der Waals surface area (Å²) in [6.07, 6.45) is 1.56. The van der Waals surface area contributed by atoms with Crippen LogP contribution in [0.2, 0.25) is 0 Å². The van der Waals surface area contributed by atoms with Crippen molar-refractivity contribution in [2.24, 2.45) is 0 Å². The van der Waals surface area contributed by atoms with E-state index < -0.39 is 21.8 Å². The van der Waals surface area contributed by atoms with Crippen molar-refractivity contribution in [3.63, 3.8) is 0 Å². The first kappa shape index (κ1) is 19.6. The zero-order valence-electron chi connectivity index (χ0n) is 15.3. The molecule has 146 valence electrons. The first-order valence-corrected chi connectivity index (χ1v) is 10.1. The van der Waals surface area contributed by atoms with Crippen LogP contribution in [0, 0.1) is 0 Å². The summed E-state index contributed by atoms with van der Waals surface area (Å²) in [7, 11) is -3.63. The highest BCUT2D eigenvalue weighted by molar-refractivity contribution is 7.89. The molecule has 2 aromatic carbocycles. The van der Waals surface area contributed by atoms with Gasteiger partial charge in [-0.2, -0.15) is 0 Å². The molecule has 3 aromatic rings. The van der Waals surface area contributed by atoms with Gasteiger partial charge < -0.3 is 4.98 Å². The minimum Gasteiger partial charge on any atom is -0.360 e. The molecule has 0 bridgehead atoms. The molecule has 0 atom stereocenters. The molecule has 0 fully saturated rings. The third-order valence-electron chi connectivity index (χ3n) is 3.94. The number of aromatic amines is 1. The Hall–Kier alpha value is -3.17. The van der Waals surface area contributed by atoms with Crippen LogP contribution in [0.4, 0.5) is 0 Å². The number of carbonyl (C=O) groups excluding carboxylic acids is 2. The highest BCUT2D eigenvalue weighted by atomic mass is 32.2. The Bertz CT molecular complexity index is 1120. The third-order valence-corrected chi connectivity index (χ3v) is 5.62. The lowest BCUT2D eigenvalue weighted by atomic mass is 10.2. The highest BCUT2D eigenvalue weighted by Crippen LogP contribution is 2.17. The summed E-state index contributed by atoms with van der Waals surface area (Å²) in [6, 6.07) is 12.5. The van der Waals surface area contributed by atoms with Crippen LogP contribution < -0.4 is 15.6 Å². The Labute approximate surface area is 162 Å². The lowest BCUT2D eigenvalue weighted by molar-refractivity contribution is 0.0847. The summed E-state index contributed by atoms with van der Waals surface area (Å²) in [6.45, 7) is 3.44. The van der Waals surface area contributed by atoms with Gasteiger partial charge in [0.2, 0.25) is 10.0 Å². The van der Waals surface area contributed by atoms with Crippen molar-refractivity contribution < 1.29 is 18.0 Å². The predicted molar refractivity (Wildman–Crippen MR) is 105 cm³/mol. The number of fused-ring (bicyclic) bond motifs is 1. The van der Waals surface area contributed by atoms with E-state index in [1.165, 1.54) is 24.3 Å². The van der Waals surface area contributed by atoms with Gasteiger partial charge in [-0.05, 0) is 44.2 Å². The average molecular weight is 400 g/mol. The molecule has 1 aromatic heterocycles. The lowest BCUT2D eigenvalue weighted by Gasteiger charge is -2.10. The van der Waals surface area contributed by atoms with Crippen molar-refractivity contribution in [2.45, 2.75) is 24.8 Å². The quantitative estimate of drug-likeness (QED) is 0.489. The molecule has 0 saturated carbocycles. The van der Waals surface area contributed by atoms with Crippen LogP contribution in [0.15, 0.2) is 59.6 Å². The van der Waals surface area contributed by atoms with Crippen LogP contribution in [0.3, 0.4) is 0 Å². The van der Waals surface area contributed by atoms with Crippen LogP contribution in [-0.4, -0.2) is 31.3 Å². The Kier molecular flexibility index (Phi) is 5.48. The normalized spacial score (nSPS) is 11.5. The van der Waals surface area contributed by atoms with Crippen molar-refractivity contribution in [1.29, 1.82) is 0 Å². The van der Waals surface area contributed by atoms with Gasteiger partial charge in [0.05, 0.1) is 10.5 Å². The van der Waals surface area contributed by atoms with E-state index in [9.17, 15) is 18.0 Å². The zero-order chi connectivity index (χ0) is 20.3. The highest BCUT2D eigenvalue weighted by Gasteiger charge is 2.17. The predicted octanol–water partition coefficient (Wildman–Crippen LogP) is 1.93. The number of rotatable bonds is 5. The summed E-state index contributed by atoms with van der Waals surface area (Å²) in [4.78, 5) is 27.6. The molecule has 4 N–H and O–H groups in total. The van der Waals surface area contributed by atoms with Gasteiger partial charge in [0.15, 0.2) is 0 Å². The summed E-state index contributed by atoms with van der Waals surface area (Å²) < 4.78 is 26.7. The summed E-state index contributed by atoms with van der Waals surface area (Å²) in [5.74, 6) is -1.03. The molecule has 0 aliphatic carbocycles. The van der Waals surface area contributed by atoms with Crippen molar-refractivity contribution in [3.8, 4) is 0 Å². The van der Waals surface area contributed by atoms with Crippen LogP contribution in [0.1, 0.15) is 34.6 Å². The Morgan fingerprint density at radius 2 is 1.57 bits per heavy atom. The van der Waals surface area contributed by atoms with E-state index >= 15 is 0 Å². The fourth-order valence-electron chi connectivity index (χ4n) is 2.68. The minimum absolute atomic E-state index is 0.0561. The van der Waals surface area contributed by atoms with Crippen molar-refractivity contribution in [2.75, 3.05) is 0 Å². The number of hydrogen-bond acceptors (Lipinski definition) is 4. The maximum absolute atomic E-state index is 12.3. The number of nitrogens with one attached hydrogen (secondary N) is 4. The maximum atomic E-state index is 12.3. The molecule has 28 heavy (non-hydrogen) atoms. The summed E-state index contributed by atoms with van der Waals surface area (Å²) in [5, 5.41) is 0.737. The largest absolute Gasteiger partial charge is 0.360 e. The second kappa shape index (κ2) is 7.83. The van der Waals surface area contributed by atoms with E-state index in [2.05, 4.69) is 20.6 Å². The van der Waals surface area contributed by atoms with Gasteiger partial charge in [-0.1, -0.05) is 18.2 Å². The molecule has 8 nitrogen and oxygen atoms in total. The number of H-pyrrole nitrogens is 1. The standard InChI is InChI=1S/C19H20N4O4S/c1-12(2)23-28(26,27)14-9-7-13(8-10-14)18(24)21-22-19(25)16-11-20-17-6-4-3-5-15(16)17/h3-12,20,23H,1-2H3,(H,21,24)(H,22,25). The van der Waals surface area contributed by atoms with Gasteiger partial charge in [-0.25, -0.2) is 13.1 Å². The molecule has 0 unspecified atom stereocenters. The van der Waals surface area contributed by atoms with Gasteiger partial charge in [0.1, 0.15) is 0 Å². The topological polar surface area (TPSA) is 120 Å². The number of hydrogen-bond donors (Lipinski definition) is 4. The molecular formula is C19H20N4O4S. The lowest BCUT2D eigenvalue weighted by Crippen LogP contribution is -2.41. The maximum Gasteiger partial charge on any atom is 0.271 e. The number of carbonyl (C=O) groups is 2. The van der Waals surface area contributed by atoms with Crippen molar-refractivity contribution in [3.05, 3.63) is 65.9 Å². The average Bonchev–Trinajstić information content (AvgIpc) is 3.09. The van der Waals surface area contributed by atoms with E-state index in [-0.39, 0.29) is 16.5 Å². The van der Waals surface area contributed by atoms with E-state index in [4.69, 9.17) is 0 Å². The Morgan fingerprint density at radius 1 is 0.929 bits per heavy atom. The van der Waals surface area contributed by atoms with Crippen molar-refractivity contribution in [1.82, 2.24) is 20.6 Å². The number of sulfonamides is 1. The Balaban J connectivity index is 1.66. The molecule has 1 heterocycles. The molecule has 0 aliphatic rings. The molecular weight excluding hydrogens is 380 g/mol. The minimum atomic E-state index is -3.63. The van der Waals surface area contributed by atoms with Crippen molar-refractivity contribution >= 4 is 32.7 Å². The molecule has 0 spiro atoms. The summed E-state index contributed by atoms with van der Waals surface area (Å²) in [5.41, 5.74) is 6.10. The number of para-hydroxylation sites is 1. The zero-order valence-corrected chi connectivity index (χ0v) is 16.1. The fourth-order valence-corrected chi connectivity index (χ4v) is 3.93. The van der Waals surface area contributed by atoms with Crippen LogP contribution >= 0.6 is 0 Å². The smallest absolute Gasteiger partial charge is 0.271 e. The monoisotopic (exact) mass is 400 g/mol.